The molecule has 6 nitrogen and oxygen atoms in total. The van der Waals surface area contributed by atoms with E-state index in [1.54, 1.807) is 0 Å². The molecular formula is C19H38O6. The van der Waals surface area contributed by atoms with Crippen molar-refractivity contribution in [2.75, 3.05) is 13.2 Å². The van der Waals surface area contributed by atoms with Gasteiger partial charge in [0.05, 0.1) is 6.61 Å². The average Bonchev–Trinajstić information content (AvgIpc) is 2.59. The fourth-order valence-electron chi connectivity index (χ4n) is 2.07. The van der Waals surface area contributed by atoms with Gasteiger partial charge in [0.25, 0.3) is 0 Å². The fourth-order valence-corrected chi connectivity index (χ4v) is 2.07. The number of esters is 1. The number of unbranched alkanes of at least 4 members (excludes halogenated alkanes) is 8. The lowest BCUT2D eigenvalue weighted by Crippen LogP contribution is -2.21. The second-order valence-corrected chi connectivity index (χ2v) is 6.24. The lowest BCUT2D eigenvalue weighted by atomic mass is 10.1. The van der Waals surface area contributed by atoms with Crippen LogP contribution in [0.2, 0.25) is 0 Å². The predicted molar refractivity (Wildman–Crippen MR) is 98.4 cm³/mol. The minimum Gasteiger partial charge on any atom is -0.481 e. The van der Waals surface area contributed by atoms with Crippen molar-refractivity contribution < 1.29 is 29.6 Å². The van der Waals surface area contributed by atoms with Gasteiger partial charge in [0.1, 0.15) is 12.7 Å². The summed E-state index contributed by atoms with van der Waals surface area (Å²) in [5.74, 6) is -0.968. The number of carboxylic acids is 1. The average molecular weight is 363 g/mol. The Balaban J connectivity index is 0. The van der Waals surface area contributed by atoms with E-state index < -0.39 is 12.1 Å². The zero-order valence-electron chi connectivity index (χ0n) is 16.0. The third-order valence-electron chi connectivity index (χ3n) is 3.63. The largest absolute Gasteiger partial charge is 0.481 e. The number of aliphatic carboxylic acids is 1. The summed E-state index contributed by atoms with van der Waals surface area (Å²) in [6, 6.07) is 0. The van der Waals surface area contributed by atoms with E-state index in [9.17, 15) is 9.59 Å². The Bertz CT molecular complexity index is 306. The molecule has 0 rings (SSSR count). The molecule has 0 bridgehead atoms. The standard InChI is InChI=1S/C10H20O2.C9H18O4/c1-2-3-4-5-6-7-8-9-10(11)12;1-2-3-4-5-9(12)13-7-8(11)6-10/h2-9H2,1H3,(H,11,12);8,10-11H,2-7H2,1H3. The molecule has 0 aromatic heterocycles. The first-order valence-corrected chi connectivity index (χ1v) is 9.64. The Morgan fingerprint density at radius 1 is 0.840 bits per heavy atom. The molecule has 1 atom stereocenters. The fraction of sp³-hybridized carbons (Fsp3) is 0.895. The molecule has 0 radical (unpaired) electrons. The molecule has 0 aliphatic rings. The number of rotatable bonds is 15. The molecule has 0 amide bonds. The predicted octanol–water partition coefficient (Wildman–Crippen LogP) is 3.67. The molecule has 0 heterocycles. The summed E-state index contributed by atoms with van der Waals surface area (Å²) in [7, 11) is 0. The second-order valence-electron chi connectivity index (χ2n) is 6.24. The maximum atomic E-state index is 10.9. The van der Waals surface area contributed by atoms with Crippen LogP contribution >= 0.6 is 0 Å². The van der Waals surface area contributed by atoms with Crippen molar-refractivity contribution >= 4 is 11.9 Å². The van der Waals surface area contributed by atoms with Crippen LogP contribution < -0.4 is 0 Å². The van der Waals surface area contributed by atoms with Crippen molar-refractivity contribution in [1.82, 2.24) is 0 Å². The van der Waals surface area contributed by atoms with Crippen molar-refractivity contribution in [3.63, 3.8) is 0 Å². The van der Waals surface area contributed by atoms with Gasteiger partial charge in [0.15, 0.2) is 0 Å². The first-order valence-electron chi connectivity index (χ1n) is 9.64. The molecule has 0 aromatic rings. The van der Waals surface area contributed by atoms with E-state index in [4.69, 9.17) is 20.1 Å². The lowest BCUT2D eigenvalue weighted by Gasteiger charge is -2.07. The van der Waals surface area contributed by atoms with Gasteiger partial charge in [-0.25, -0.2) is 0 Å². The van der Waals surface area contributed by atoms with Crippen LogP contribution in [0.4, 0.5) is 0 Å². The molecule has 3 N–H and O–H groups in total. The van der Waals surface area contributed by atoms with Gasteiger partial charge in [-0.1, -0.05) is 65.2 Å². The SMILES string of the molecule is CCCCCC(=O)OCC(O)CO.CCCCCCCCCC(=O)O. The first-order chi connectivity index (χ1) is 12.0. The van der Waals surface area contributed by atoms with Crippen LogP contribution in [0.15, 0.2) is 0 Å². The monoisotopic (exact) mass is 362 g/mol. The summed E-state index contributed by atoms with van der Waals surface area (Å²) in [5, 5.41) is 25.6. The normalized spacial score (nSPS) is 11.4. The third-order valence-corrected chi connectivity index (χ3v) is 3.63. The van der Waals surface area contributed by atoms with E-state index >= 15 is 0 Å². The molecule has 150 valence electrons. The number of carbonyl (C=O) groups excluding carboxylic acids is 1. The van der Waals surface area contributed by atoms with E-state index in [0.717, 1.165) is 32.1 Å². The van der Waals surface area contributed by atoms with Gasteiger partial charge in [-0.15, -0.1) is 0 Å². The van der Waals surface area contributed by atoms with E-state index in [1.807, 2.05) is 0 Å². The minimum atomic E-state index is -0.949. The van der Waals surface area contributed by atoms with Gasteiger partial charge in [-0.2, -0.15) is 0 Å². The molecule has 0 saturated heterocycles. The summed E-state index contributed by atoms with van der Waals surface area (Å²) in [6.07, 6.45) is 11.0. The second kappa shape index (κ2) is 20.9. The van der Waals surface area contributed by atoms with Crippen LogP contribution in [0.3, 0.4) is 0 Å². The molecule has 6 heteroatoms. The van der Waals surface area contributed by atoms with Crippen molar-refractivity contribution in [3.05, 3.63) is 0 Å². The van der Waals surface area contributed by atoms with Crippen molar-refractivity contribution in [3.8, 4) is 0 Å². The smallest absolute Gasteiger partial charge is 0.305 e. The highest BCUT2D eigenvalue weighted by molar-refractivity contribution is 5.69. The number of hydrogen-bond acceptors (Lipinski definition) is 5. The summed E-state index contributed by atoms with van der Waals surface area (Å²) < 4.78 is 4.69. The lowest BCUT2D eigenvalue weighted by molar-refractivity contribution is -0.147. The molecule has 0 aromatic carbocycles. The van der Waals surface area contributed by atoms with Crippen molar-refractivity contribution in [1.29, 1.82) is 0 Å². The molecular weight excluding hydrogens is 324 g/mol. The summed E-state index contributed by atoms with van der Waals surface area (Å²) in [4.78, 5) is 21.1. The first kappa shape index (κ1) is 26.1. The molecule has 25 heavy (non-hydrogen) atoms. The maximum absolute atomic E-state index is 10.9. The minimum absolute atomic E-state index is 0.110. The molecule has 1 unspecified atom stereocenters. The number of carboxylic acid groups (broad SMARTS) is 1. The molecule has 0 aliphatic heterocycles. The maximum Gasteiger partial charge on any atom is 0.305 e. The zero-order valence-corrected chi connectivity index (χ0v) is 16.0. The number of aliphatic hydroxyl groups is 2. The van der Waals surface area contributed by atoms with Crippen LogP contribution in [-0.4, -0.2) is 46.6 Å². The number of hydrogen-bond donors (Lipinski definition) is 3. The van der Waals surface area contributed by atoms with Crippen LogP contribution in [-0.2, 0) is 14.3 Å². The number of aliphatic hydroxyl groups excluding tert-OH is 2. The van der Waals surface area contributed by atoms with E-state index in [1.165, 1.54) is 32.1 Å². The van der Waals surface area contributed by atoms with Crippen LogP contribution in [0.25, 0.3) is 0 Å². The van der Waals surface area contributed by atoms with Gasteiger partial charge in [0.2, 0.25) is 0 Å². The van der Waals surface area contributed by atoms with Crippen molar-refractivity contribution in [2.45, 2.75) is 97.0 Å². The quantitative estimate of drug-likeness (QED) is 0.303. The molecule has 0 fully saturated rings. The molecule has 0 saturated carbocycles. The van der Waals surface area contributed by atoms with E-state index in [0.29, 0.717) is 12.8 Å². The van der Waals surface area contributed by atoms with Crippen LogP contribution in [0, 0.1) is 0 Å². The Labute approximate surface area is 152 Å². The van der Waals surface area contributed by atoms with Gasteiger partial charge in [0, 0.05) is 12.8 Å². The molecule has 0 spiro atoms. The Hall–Kier alpha value is -1.14. The highest BCUT2D eigenvalue weighted by Crippen LogP contribution is 2.08. The van der Waals surface area contributed by atoms with Gasteiger partial charge in [-0.3, -0.25) is 9.59 Å². The van der Waals surface area contributed by atoms with Crippen LogP contribution in [0.5, 0.6) is 0 Å². The Morgan fingerprint density at radius 2 is 1.32 bits per heavy atom. The van der Waals surface area contributed by atoms with Gasteiger partial charge < -0.3 is 20.1 Å². The van der Waals surface area contributed by atoms with Gasteiger partial charge >= 0.3 is 11.9 Å². The van der Waals surface area contributed by atoms with Crippen molar-refractivity contribution in [2.24, 2.45) is 0 Å². The Kier molecular flexibility index (Phi) is 21.8. The topological polar surface area (TPSA) is 104 Å². The zero-order chi connectivity index (χ0) is 19.3. The summed E-state index contributed by atoms with van der Waals surface area (Å²) in [5.41, 5.74) is 0. The number of ether oxygens (including phenoxy) is 1. The third kappa shape index (κ3) is 25.2. The highest BCUT2D eigenvalue weighted by atomic mass is 16.5. The summed E-state index contributed by atoms with van der Waals surface area (Å²) >= 11 is 0. The summed E-state index contributed by atoms with van der Waals surface area (Å²) in [6.45, 7) is 3.77. The van der Waals surface area contributed by atoms with E-state index in [-0.39, 0.29) is 19.2 Å². The molecule has 0 aliphatic carbocycles. The highest BCUT2D eigenvalue weighted by Gasteiger charge is 2.06. The van der Waals surface area contributed by atoms with Crippen LogP contribution in [0.1, 0.15) is 90.9 Å². The van der Waals surface area contributed by atoms with Gasteiger partial charge in [-0.05, 0) is 12.8 Å². The Morgan fingerprint density at radius 3 is 1.84 bits per heavy atom. The van der Waals surface area contributed by atoms with E-state index in [2.05, 4.69) is 13.8 Å². The number of carbonyl (C=O) groups is 2.